The Hall–Kier alpha value is -1.42. The number of carbonyl (C=O) groups is 1. The molecule has 0 saturated carbocycles. The van der Waals surface area contributed by atoms with Crippen LogP contribution in [0.25, 0.3) is 5.69 Å². The third-order valence-electron chi connectivity index (χ3n) is 2.73. The molecule has 0 saturated heterocycles. The van der Waals surface area contributed by atoms with Crippen LogP contribution in [0.4, 0.5) is 0 Å². The highest BCUT2D eigenvalue weighted by atomic mass is 79.9. The maximum Gasteiger partial charge on any atom is 0.120 e. The Balaban J connectivity index is 2.21. The Morgan fingerprint density at radius 3 is 2.65 bits per heavy atom. The fraction of sp³-hybridized carbons (Fsp3) is 0.231. The van der Waals surface area contributed by atoms with Crippen LogP contribution >= 0.6 is 15.9 Å². The van der Waals surface area contributed by atoms with Crippen molar-refractivity contribution in [1.82, 2.24) is 9.78 Å². The van der Waals surface area contributed by atoms with Crippen LogP contribution in [0.2, 0.25) is 0 Å². The molecular weight excluding hydrogens is 280 g/mol. The van der Waals surface area contributed by atoms with E-state index in [1.807, 2.05) is 37.4 Å². The standard InChI is InChI=1S/C13H13BrN2O/c1-10(6-7-17)11-2-4-13(5-3-11)16-9-12(14)8-15-16/h2-5,7-10H,6H2,1H3. The molecule has 0 aliphatic rings. The number of carbonyl (C=O) groups excluding carboxylic acids is 1. The van der Waals surface area contributed by atoms with Gasteiger partial charge in [0.05, 0.1) is 16.4 Å². The molecule has 2 rings (SSSR count). The maximum atomic E-state index is 10.5. The molecule has 0 radical (unpaired) electrons. The molecule has 1 heterocycles. The van der Waals surface area contributed by atoms with E-state index in [1.165, 1.54) is 5.56 Å². The summed E-state index contributed by atoms with van der Waals surface area (Å²) in [4.78, 5) is 10.5. The first kappa shape index (κ1) is 12.0. The first-order chi connectivity index (χ1) is 8.20. The van der Waals surface area contributed by atoms with Gasteiger partial charge in [0.15, 0.2) is 0 Å². The SMILES string of the molecule is CC(CC=O)c1ccc(-n2cc(Br)cn2)cc1. The molecule has 1 atom stereocenters. The fourth-order valence-corrected chi connectivity index (χ4v) is 1.96. The van der Waals surface area contributed by atoms with E-state index in [1.54, 1.807) is 10.9 Å². The number of nitrogens with zero attached hydrogens (tertiary/aromatic N) is 2. The molecule has 17 heavy (non-hydrogen) atoms. The monoisotopic (exact) mass is 292 g/mol. The van der Waals surface area contributed by atoms with E-state index in [9.17, 15) is 4.79 Å². The van der Waals surface area contributed by atoms with Gasteiger partial charge in [-0.3, -0.25) is 0 Å². The van der Waals surface area contributed by atoms with Gasteiger partial charge < -0.3 is 4.79 Å². The normalized spacial score (nSPS) is 12.4. The van der Waals surface area contributed by atoms with E-state index in [0.717, 1.165) is 16.4 Å². The van der Waals surface area contributed by atoms with Gasteiger partial charge >= 0.3 is 0 Å². The van der Waals surface area contributed by atoms with Gasteiger partial charge in [0.2, 0.25) is 0 Å². The molecule has 0 amide bonds. The average molecular weight is 293 g/mol. The second kappa shape index (κ2) is 5.27. The number of benzene rings is 1. The molecule has 0 fully saturated rings. The highest BCUT2D eigenvalue weighted by Crippen LogP contribution is 2.20. The number of aldehydes is 1. The van der Waals surface area contributed by atoms with Crippen molar-refractivity contribution in [3.8, 4) is 5.69 Å². The summed E-state index contributed by atoms with van der Waals surface area (Å²) >= 11 is 3.37. The lowest BCUT2D eigenvalue weighted by Crippen LogP contribution is -1.97. The van der Waals surface area contributed by atoms with Gasteiger partial charge in [-0.05, 0) is 39.5 Å². The molecule has 1 unspecified atom stereocenters. The van der Waals surface area contributed by atoms with Crippen molar-refractivity contribution >= 4 is 22.2 Å². The Morgan fingerprint density at radius 1 is 1.41 bits per heavy atom. The van der Waals surface area contributed by atoms with Gasteiger partial charge in [-0.1, -0.05) is 19.1 Å². The third-order valence-corrected chi connectivity index (χ3v) is 3.14. The van der Waals surface area contributed by atoms with Crippen LogP contribution in [0.15, 0.2) is 41.1 Å². The van der Waals surface area contributed by atoms with Crippen LogP contribution in [0, 0.1) is 0 Å². The van der Waals surface area contributed by atoms with Gasteiger partial charge in [-0.2, -0.15) is 5.10 Å². The summed E-state index contributed by atoms with van der Waals surface area (Å²) in [5, 5.41) is 4.21. The van der Waals surface area contributed by atoms with Crippen molar-refractivity contribution in [2.45, 2.75) is 19.3 Å². The Bertz CT molecular complexity index is 504. The molecule has 1 aromatic heterocycles. The minimum atomic E-state index is 0.269. The van der Waals surface area contributed by atoms with Crippen molar-refractivity contribution in [1.29, 1.82) is 0 Å². The predicted octanol–water partition coefficient (Wildman–Crippen LogP) is 3.33. The molecule has 1 aromatic carbocycles. The molecule has 2 aromatic rings. The molecule has 4 heteroatoms. The highest BCUT2D eigenvalue weighted by molar-refractivity contribution is 9.10. The summed E-state index contributed by atoms with van der Waals surface area (Å²) in [6.45, 7) is 2.05. The minimum Gasteiger partial charge on any atom is -0.303 e. The lowest BCUT2D eigenvalue weighted by Gasteiger charge is -2.09. The predicted molar refractivity (Wildman–Crippen MR) is 70.4 cm³/mol. The van der Waals surface area contributed by atoms with Crippen molar-refractivity contribution in [3.63, 3.8) is 0 Å². The molecular formula is C13H13BrN2O. The van der Waals surface area contributed by atoms with E-state index >= 15 is 0 Å². The zero-order valence-corrected chi connectivity index (χ0v) is 11.1. The lowest BCUT2D eigenvalue weighted by molar-refractivity contribution is -0.108. The van der Waals surface area contributed by atoms with E-state index in [4.69, 9.17) is 0 Å². The zero-order valence-electron chi connectivity index (χ0n) is 9.51. The molecule has 0 bridgehead atoms. The second-order valence-electron chi connectivity index (χ2n) is 4.00. The number of halogens is 1. The van der Waals surface area contributed by atoms with E-state index in [-0.39, 0.29) is 5.92 Å². The zero-order chi connectivity index (χ0) is 12.3. The fourth-order valence-electron chi connectivity index (χ4n) is 1.68. The Labute approximate surface area is 109 Å². The van der Waals surface area contributed by atoms with Gasteiger partial charge in [0, 0.05) is 12.6 Å². The van der Waals surface area contributed by atoms with Gasteiger partial charge in [0.1, 0.15) is 6.29 Å². The molecule has 0 N–H and O–H groups in total. The largest absolute Gasteiger partial charge is 0.303 e. The topological polar surface area (TPSA) is 34.9 Å². The quantitative estimate of drug-likeness (QED) is 0.810. The highest BCUT2D eigenvalue weighted by Gasteiger charge is 2.05. The smallest absolute Gasteiger partial charge is 0.120 e. The first-order valence-corrected chi connectivity index (χ1v) is 6.24. The second-order valence-corrected chi connectivity index (χ2v) is 4.91. The lowest BCUT2D eigenvalue weighted by atomic mass is 9.98. The van der Waals surface area contributed by atoms with E-state index in [2.05, 4.69) is 21.0 Å². The molecule has 88 valence electrons. The average Bonchev–Trinajstić information content (AvgIpc) is 2.76. The summed E-state index contributed by atoms with van der Waals surface area (Å²) in [5.74, 6) is 0.269. The summed E-state index contributed by atoms with van der Waals surface area (Å²) in [7, 11) is 0. The molecule has 0 aliphatic carbocycles. The third kappa shape index (κ3) is 2.82. The van der Waals surface area contributed by atoms with Crippen LogP contribution in [-0.4, -0.2) is 16.1 Å². The Morgan fingerprint density at radius 2 is 2.12 bits per heavy atom. The van der Waals surface area contributed by atoms with Crippen LogP contribution < -0.4 is 0 Å². The molecule has 0 aliphatic heterocycles. The van der Waals surface area contributed by atoms with Crippen LogP contribution in [0.1, 0.15) is 24.8 Å². The number of aromatic nitrogens is 2. The van der Waals surface area contributed by atoms with Gasteiger partial charge in [0.25, 0.3) is 0 Å². The van der Waals surface area contributed by atoms with Crippen LogP contribution in [0.5, 0.6) is 0 Å². The number of hydrogen-bond donors (Lipinski definition) is 0. The number of rotatable bonds is 4. The minimum absolute atomic E-state index is 0.269. The molecule has 0 spiro atoms. The van der Waals surface area contributed by atoms with Crippen LogP contribution in [-0.2, 0) is 4.79 Å². The van der Waals surface area contributed by atoms with Gasteiger partial charge in [-0.15, -0.1) is 0 Å². The maximum absolute atomic E-state index is 10.5. The van der Waals surface area contributed by atoms with E-state index in [0.29, 0.717) is 6.42 Å². The van der Waals surface area contributed by atoms with Gasteiger partial charge in [-0.25, -0.2) is 4.68 Å². The first-order valence-electron chi connectivity index (χ1n) is 5.45. The van der Waals surface area contributed by atoms with Crippen LogP contribution in [0.3, 0.4) is 0 Å². The molecule has 3 nitrogen and oxygen atoms in total. The van der Waals surface area contributed by atoms with E-state index < -0.39 is 0 Å². The Kier molecular flexibility index (Phi) is 3.74. The summed E-state index contributed by atoms with van der Waals surface area (Å²) in [5.41, 5.74) is 2.19. The van der Waals surface area contributed by atoms with Crippen molar-refractivity contribution in [3.05, 3.63) is 46.7 Å². The van der Waals surface area contributed by atoms with Crippen molar-refractivity contribution in [2.75, 3.05) is 0 Å². The number of hydrogen-bond acceptors (Lipinski definition) is 2. The summed E-state index contributed by atoms with van der Waals surface area (Å²) in [6, 6.07) is 8.10. The summed E-state index contributed by atoms with van der Waals surface area (Å²) < 4.78 is 2.76. The van der Waals surface area contributed by atoms with Crippen molar-refractivity contribution in [2.24, 2.45) is 0 Å². The van der Waals surface area contributed by atoms with Crippen molar-refractivity contribution < 1.29 is 4.79 Å². The summed E-state index contributed by atoms with van der Waals surface area (Å²) in [6.07, 6.45) is 5.18.